The molecule has 7 nitrogen and oxygen atoms in total. The fraction of sp³-hybridized carbons (Fsp3) is 0.500. The number of carboxylic acids is 1. The van der Waals surface area contributed by atoms with Gasteiger partial charge in [-0.15, -0.1) is 0 Å². The first-order valence-corrected chi connectivity index (χ1v) is 6.08. The normalized spacial score (nSPS) is 13.6. The molecule has 16 heavy (non-hydrogen) atoms. The van der Waals surface area contributed by atoms with E-state index in [1.165, 1.54) is 17.1 Å². The number of carboxylic acid groups (broad SMARTS) is 1. The lowest BCUT2D eigenvalue weighted by Crippen LogP contribution is -2.40. The zero-order chi connectivity index (χ0) is 12.3. The Morgan fingerprint density at radius 3 is 2.69 bits per heavy atom. The lowest BCUT2D eigenvalue weighted by Gasteiger charge is -2.10. The van der Waals surface area contributed by atoms with Gasteiger partial charge in [0.1, 0.15) is 6.04 Å². The van der Waals surface area contributed by atoms with E-state index in [1.54, 1.807) is 14.0 Å². The highest BCUT2D eigenvalue weighted by molar-refractivity contribution is 7.89. The number of carbonyl (C=O) groups is 1. The molecule has 0 aliphatic heterocycles. The van der Waals surface area contributed by atoms with Gasteiger partial charge in [0, 0.05) is 13.2 Å². The fourth-order valence-corrected chi connectivity index (χ4v) is 2.34. The Bertz CT molecular complexity index is 479. The fourth-order valence-electron chi connectivity index (χ4n) is 1.08. The van der Waals surface area contributed by atoms with Crippen LogP contribution in [0.15, 0.2) is 17.6 Å². The third-order valence-corrected chi connectivity index (χ3v) is 3.32. The number of hydrogen-bond acceptors (Lipinski definition) is 4. The first-order valence-electron chi connectivity index (χ1n) is 4.60. The quantitative estimate of drug-likeness (QED) is 0.734. The minimum atomic E-state index is -3.86. The van der Waals surface area contributed by atoms with Crippen molar-refractivity contribution in [1.82, 2.24) is 14.3 Å². The number of aromatic nitrogens is 2. The van der Waals surface area contributed by atoms with Crippen LogP contribution in [0.25, 0.3) is 0 Å². The van der Waals surface area contributed by atoms with Crippen LogP contribution >= 0.6 is 0 Å². The standard InChI is InChI=1S/C8H13N3O4S/c1-3-6(8(12)13)10-16(14,15)7-4-11(2)5-9-7/h4-6,10H,3H2,1-2H3,(H,12,13)/t6-/m0/s1. The summed E-state index contributed by atoms with van der Waals surface area (Å²) in [7, 11) is -2.23. The summed E-state index contributed by atoms with van der Waals surface area (Å²) < 4.78 is 26.9. The summed E-state index contributed by atoms with van der Waals surface area (Å²) >= 11 is 0. The molecule has 1 aromatic rings. The Morgan fingerprint density at radius 2 is 2.31 bits per heavy atom. The van der Waals surface area contributed by atoms with Crippen molar-refractivity contribution in [2.24, 2.45) is 7.05 Å². The summed E-state index contributed by atoms with van der Waals surface area (Å²) in [5.41, 5.74) is 0. The van der Waals surface area contributed by atoms with E-state index in [0.29, 0.717) is 0 Å². The molecule has 1 atom stereocenters. The zero-order valence-corrected chi connectivity index (χ0v) is 9.73. The zero-order valence-electron chi connectivity index (χ0n) is 8.91. The van der Waals surface area contributed by atoms with Gasteiger partial charge < -0.3 is 9.67 Å². The van der Waals surface area contributed by atoms with Crippen LogP contribution in [0.3, 0.4) is 0 Å². The minimum absolute atomic E-state index is 0.168. The molecule has 1 heterocycles. The van der Waals surface area contributed by atoms with Gasteiger partial charge in [-0.05, 0) is 6.42 Å². The predicted octanol–water partition coefficient (Wildman–Crippen LogP) is -0.438. The molecule has 0 aliphatic rings. The molecular weight excluding hydrogens is 234 g/mol. The maximum absolute atomic E-state index is 11.7. The molecule has 1 rings (SSSR count). The molecule has 0 saturated heterocycles. The number of rotatable bonds is 5. The molecule has 0 aromatic carbocycles. The number of aliphatic carboxylic acids is 1. The van der Waals surface area contributed by atoms with Gasteiger partial charge >= 0.3 is 5.97 Å². The molecule has 2 N–H and O–H groups in total. The van der Waals surface area contributed by atoms with Gasteiger partial charge in [-0.25, -0.2) is 13.4 Å². The van der Waals surface area contributed by atoms with Gasteiger partial charge in [0.2, 0.25) is 0 Å². The van der Waals surface area contributed by atoms with Gasteiger partial charge in [0.15, 0.2) is 5.03 Å². The van der Waals surface area contributed by atoms with Gasteiger partial charge in [-0.3, -0.25) is 4.79 Å². The maximum Gasteiger partial charge on any atom is 0.321 e. The maximum atomic E-state index is 11.7. The van der Waals surface area contributed by atoms with E-state index < -0.39 is 22.0 Å². The van der Waals surface area contributed by atoms with Crippen LogP contribution in [0, 0.1) is 0 Å². The number of imidazole rings is 1. The highest BCUT2D eigenvalue weighted by Gasteiger charge is 2.25. The monoisotopic (exact) mass is 247 g/mol. The minimum Gasteiger partial charge on any atom is -0.480 e. The predicted molar refractivity (Wildman–Crippen MR) is 55.2 cm³/mol. The summed E-state index contributed by atoms with van der Waals surface area (Å²) in [6, 6.07) is -1.13. The number of nitrogens with zero attached hydrogens (tertiary/aromatic N) is 2. The third-order valence-electron chi connectivity index (χ3n) is 1.96. The average molecular weight is 247 g/mol. The van der Waals surface area contributed by atoms with E-state index in [2.05, 4.69) is 9.71 Å². The van der Waals surface area contributed by atoms with Crippen molar-refractivity contribution < 1.29 is 18.3 Å². The van der Waals surface area contributed by atoms with Gasteiger partial charge in [0.25, 0.3) is 10.0 Å². The number of sulfonamides is 1. The average Bonchev–Trinajstić information content (AvgIpc) is 2.61. The smallest absolute Gasteiger partial charge is 0.321 e. The van der Waals surface area contributed by atoms with Crippen molar-refractivity contribution in [2.75, 3.05) is 0 Å². The first kappa shape index (κ1) is 12.7. The van der Waals surface area contributed by atoms with E-state index in [0.717, 1.165) is 0 Å². The first-order chi connectivity index (χ1) is 7.36. The molecule has 0 unspecified atom stereocenters. The molecule has 0 spiro atoms. The summed E-state index contributed by atoms with van der Waals surface area (Å²) in [6.07, 6.45) is 2.80. The van der Waals surface area contributed by atoms with Crippen molar-refractivity contribution >= 4 is 16.0 Å². The second-order valence-corrected chi connectivity index (χ2v) is 4.96. The molecule has 8 heteroatoms. The van der Waals surface area contributed by atoms with E-state index in [1.807, 2.05) is 0 Å². The van der Waals surface area contributed by atoms with Crippen LogP contribution in [0.4, 0.5) is 0 Å². The molecule has 0 fully saturated rings. The highest BCUT2D eigenvalue weighted by Crippen LogP contribution is 2.06. The molecule has 0 amide bonds. The summed E-state index contributed by atoms with van der Waals surface area (Å²) in [4.78, 5) is 14.3. The van der Waals surface area contributed by atoms with Crippen molar-refractivity contribution in [3.8, 4) is 0 Å². The van der Waals surface area contributed by atoms with E-state index in [4.69, 9.17) is 5.11 Å². The molecule has 0 saturated carbocycles. The van der Waals surface area contributed by atoms with Crippen molar-refractivity contribution in [3.63, 3.8) is 0 Å². The number of aryl methyl sites for hydroxylation is 1. The number of hydrogen-bond donors (Lipinski definition) is 2. The van der Waals surface area contributed by atoms with E-state index in [-0.39, 0.29) is 11.4 Å². The summed E-state index contributed by atoms with van der Waals surface area (Å²) in [5, 5.41) is 8.55. The molecule has 1 aromatic heterocycles. The SMILES string of the molecule is CC[C@H](NS(=O)(=O)c1cn(C)cn1)C(=O)O. The van der Waals surface area contributed by atoms with Crippen LogP contribution in [-0.4, -0.2) is 35.1 Å². The topological polar surface area (TPSA) is 101 Å². The van der Waals surface area contributed by atoms with Crippen LogP contribution < -0.4 is 4.72 Å². The van der Waals surface area contributed by atoms with Crippen LogP contribution in [0.2, 0.25) is 0 Å². The second kappa shape index (κ2) is 4.62. The van der Waals surface area contributed by atoms with E-state index in [9.17, 15) is 13.2 Å². The Balaban J connectivity index is 2.91. The third kappa shape index (κ3) is 2.80. The Kier molecular flexibility index (Phi) is 3.66. The van der Waals surface area contributed by atoms with Gasteiger partial charge in [0.05, 0.1) is 6.33 Å². The molecule has 0 aliphatic carbocycles. The van der Waals surface area contributed by atoms with Crippen LogP contribution in [-0.2, 0) is 21.9 Å². The van der Waals surface area contributed by atoms with Gasteiger partial charge in [-0.2, -0.15) is 4.72 Å². The Hall–Kier alpha value is -1.41. The van der Waals surface area contributed by atoms with Gasteiger partial charge in [-0.1, -0.05) is 6.92 Å². The highest BCUT2D eigenvalue weighted by atomic mass is 32.2. The summed E-state index contributed by atoms with van der Waals surface area (Å²) in [6.45, 7) is 1.58. The molecule has 0 bridgehead atoms. The van der Waals surface area contributed by atoms with Crippen LogP contribution in [0.1, 0.15) is 13.3 Å². The van der Waals surface area contributed by atoms with Crippen LogP contribution in [0.5, 0.6) is 0 Å². The number of nitrogens with one attached hydrogen (secondary N) is 1. The lowest BCUT2D eigenvalue weighted by molar-refractivity contribution is -0.139. The largest absolute Gasteiger partial charge is 0.480 e. The Labute approximate surface area is 93.2 Å². The van der Waals surface area contributed by atoms with Crippen molar-refractivity contribution in [2.45, 2.75) is 24.4 Å². The van der Waals surface area contributed by atoms with Crippen molar-refractivity contribution in [1.29, 1.82) is 0 Å². The Morgan fingerprint density at radius 1 is 1.69 bits per heavy atom. The summed E-state index contributed by atoms with van der Waals surface area (Å²) in [5.74, 6) is -1.21. The molecule has 90 valence electrons. The molecular formula is C8H13N3O4S. The van der Waals surface area contributed by atoms with E-state index >= 15 is 0 Å². The molecule has 0 radical (unpaired) electrons. The second-order valence-electron chi connectivity index (χ2n) is 3.30. The van der Waals surface area contributed by atoms with Crippen molar-refractivity contribution in [3.05, 3.63) is 12.5 Å². The lowest BCUT2D eigenvalue weighted by atomic mass is 10.2.